The molecule has 3 heterocycles. The molecule has 0 spiro atoms. The van der Waals surface area contributed by atoms with E-state index >= 15 is 0 Å². The van der Waals surface area contributed by atoms with Crippen LogP contribution in [0.15, 0.2) is 54.6 Å². The zero-order valence-corrected chi connectivity index (χ0v) is 37.6. The summed E-state index contributed by atoms with van der Waals surface area (Å²) in [5.74, 6) is -2.25. The number of ether oxygens (including phenoxy) is 9. The molecule has 15 heteroatoms. The molecule has 3 aliphatic rings. The highest BCUT2D eigenvalue weighted by Gasteiger charge is 2.53. The Hall–Kier alpha value is -3.09. The fourth-order valence-corrected chi connectivity index (χ4v) is 8.63. The van der Waals surface area contributed by atoms with Gasteiger partial charge in [-0.25, -0.2) is 0 Å². The number of hydrogen-bond donors (Lipinski definition) is 2. The molecule has 344 valence electrons. The predicted octanol–water partition coefficient (Wildman–Crippen LogP) is 4.69. The summed E-state index contributed by atoms with van der Waals surface area (Å²) in [5, 5.41) is 23.4. The molecule has 2 saturated heterocycles. The Balaban J connectivity index is 1.64. The molecule has 1 aromatic rings. The molecule has 0 amide bonds. The molecule has 0 unspecified atom stereocenters. The topological polar surface area (TPSA) is 178 Å². The third-order valence-electron chi connectivity index (χ3n) is 12.1. The molecule has 0 aliphatic carbocycles. The normalized spacial score (nSPS) is 39.2. The van der Waals surface area contributed by atoms with Crippen LogP contribution in [0.2, 0.25) is 0 Å². The Kier molecular flexibility index (Phi) is 20.0. The van der Waals surface area contributed by atoms with Crippen LogP contribution in [0, 0.1) is 11.8 Å². The Morgan fingerprint density at radius 3 is 2.34 bits per heavy atom. The first-order valence-corrected chi connectivity index (χ1v) is 21.6. The second-order valence-corrected chi connectivity index (χ2v) is 17.1. The largest absolute Gasteiger partial charge is 0.462 e. The Morgan fingerprint density at radius 1 is 0.984 bits per heavy atom. The molecule has 61 heavy (non-hydrogen) atoms. The van der Waals surface area contributed by atoms with Gasteiger partial charge in [0.1, 0.15) is 42.9 Å². The van der Waals surface area contributed by atoms with Crippen LogP contribution < -0.4 is 0 Å². The average molecular weight is 862 g/mol. The van der Waals surface area contributed by atoms with E-state index in [2.05, 4.69) is 0 Å². The highest BCUT2D eigenvalue weighted by molar-refractivity contribution is 5.72. The summed E-state index contributed by atoms with van der Waals surface area (Å²) in [5.41, 5.74) is 0.248. The maximum atomic E-state index is 13.4. The lowest BCUT2D eigenvalue weighted by molar-refractivity contribution is -0.347. The van der Waals surface area contributed by atoms with Gasteiger partial charge in [-0.3, -0.25) is 9.59 Å². The fourth-order valence-electron chi connectivity index (χ4n) is 8.63. The van der Waals surface area contributed by atoms with E-state index in [-0.39, 0.29) is 31.6 Å². The van der Waals surface area contributed by atoms with E-state index in [0.29, 0.717) is 19.4 Å². The Labute approximate surface area is 361 Å². The molecular weight excluding hydrogens is 790 g/mol. The van der Waals surface area contributed by atoms with E-state index in [0.717, 1.165) is 11.8 Å². The summed E-state index contributed by atoms with van der Waals surface area (Å²) in [6.07, 6.45) is -2.17. The van der Waals surface area contributed by atoms with Crippen LogP contribution in [0.25, 0.3) is 0 Å². The van der Waals surface area contributed by atoms with Gasteiger partial charge in [-0.1, -0.05) is 68.5 Å². The van der Waals surface area contributed by atoms with E-state index in [1.165, 1.54) is 7.11 Å². The van der Waals surface area contributed by atoms with E-state index in [1.807, 2.05) is 83.1 Å². The van der Waals surface area contributed by atoms with Crippen molar-refractivity contribution in [3.63, 3.8) is 0 Å². The Morgan fingerprint density at radius 2 is 1.70 bits per heavy atom. The van der Waals surface area contributed by atoms with E-state index < -0.39 is 103 Å². The summed E-state index contributed by atoms with van der Waals surface area (Å²) < 4.78 is 56.4. The van der Waals surface area contributed by atoms with E-state index in [9.17, 15) is 24.6 Å². The third kappa shape index (κ3) is 13.9. The Bertz CT molecular complexity index is 1560. The molecule has 15 nitrogen and oxygen atoms in total. The second-order valence-electron chi connectivity index (χ2n) is 17.1. The maximum absolute atomic E-state index is 13.4. The lowest BCUT2D eigenvalue weighted by atomic mass is 9.82. The summed E-state index contributed by atoms with van der Waals surface area (Å²) >= 11 is 0. The highest BCUT2D eigenvalue weighted by Crippen LogP contribution is 2.39. The van der Waals surface area contributed by atoms with Crippen LogP contribution in [-0.2, 0) is 63.6 Å². The quantitative estimate of drug-likeness (QED) is 0.195. The smallest absolute Gasteiger partial charge is 0.309 e. The number of hydrogen-bond acceptors (Lipinski definition) is 15. The minimum absolute atomic E-state index is 0.0181. The second kappa shape index (κ2) is 24.1. The molecule has 0 saturated carbocycles. The molecule has 16 atom stereocenters. The predicted molar refractivity (Wildman–Crippen MR) is 225 cm³/mol. The molecule has 4 rings (SSSR count). The van der Waals surface area contributed by atoms with Crippen LogP contribution in [0.4, 0.5) is 0 Å². The molecular formula is C46H71NO14. The first kappa shape index (κ1) is 50.6. The number of cyclic esters (lactones) is 1. The number of aliphatic hydroxyl groups excluding tert-OH is 2. The molecule has 0 aromatic heterocycles. The summed E-state index contributed by atoms with van der Waals surface area (Å²) in [6, 6.07) is 9.18. The van der Waals surface area contributed by atoms with Gasteiger partial charge in [0.05, 0.1) is 49.1 Å². The first-order valence-electron chi connectivity index (χ1n) is 21.6. The van der Waals surface area contributed by atoms with Gasteiger partial charge in [-0.05, 0) is 65.6 Å². The number of carbonyl (C=O) groups is 3. The first-order chi connectivity index (χ1) is 29.0. The molecule has 0 radical (unpaired) electrons. The zero-order valence-electron chi connectivity index (χ0n) is 37.6. The number of carbonyl (C=O) groups excluding carboxylic acids is 3. The minimum Gasteiger partial charge on any atom is -0.462 e. The van der Waals surface area contributed by atoms with Gasteiger partial charge in [0.25, 0.3) is 0 Å². The standard InChI is InChI=1S/C46H71NO14/c1-11-36(50)59-35-25-37(51)56-29(3)18-14-12-17-21-34(49)28(2)24-33(22-23-48)42(43(35)53-9)61-45-40(52)39(47(7)8)41(30(4)58-45)60-38-26-46(6,54-10)44(31(5)57-38)55-27-32-19-15-13-16-20-32/h12-17,19-21,23,28-31,33-35,38-45,49,52H,11,18,22,24-27H2,1-10H3/b14-12+,21-17+/t28-,29-,30+,31-,33+,34+,35-,38-,39+,40+,41+,42+,43+,44-,45-,46+/m1/s1. The summed E-state index contributed by atoms with van der Waals surface area (Å²) in [7, 11) is 6.66. The summed E-state index contributed by atoms with van der Waals surface area (Å²) in [4.78, 5) is 40.5. The zero-order chi connectivity index (χ0) is 44.9. The van der Waals surface area contributed by atoms with Crippen molar-refractivity contribution in [1.29, 1.82) is 0 Å². The van der Waals surface area contributed by atoms with Crippen molar-refractivity contribution in [1.82, 2.24) is 4.90 Å². The molecule has 0 bridgehead atoms. The number of rotatable bonds is 14. The number of nitrogens with zero attached hydrogens (tertiary/aromatic N) is 1. The number of benzene rings is 1. The number of methoxy groups -OCH3 is 2. The van der Waals surface area contributed by atoms with Crippen molar-refractivity contribution in [3.05, 3.63) is 60.2 Å². The monoisotopic (exact) mass is 861 g/mol. The van der Waals surface area contributed by atoms with Gasteiger partial charge in [0.15, 0.2) is 12.6 Å². The van der Waals surface area contributed by atoms with Crippen molar-refractivity contribution in [2.45, 2.75) is 172 Å². The van der Waals surface area contributed by atoms with E-state index in [1.54, 1.807) is 39.2 Å². The number of aliphatic hydroxyl groups is 2. The lowest BCUT2D eigenvalue weighted by Gasteiger charge is -2.51. The van der Waals surface area contributed by atoms with Crippen molar-refractivity contribution >= 4 is 18.2 Å². The van der Waals surface area contributed by atoms with Gasteiger partial charge in [-0.2, -0.15) is 0 Å². The molecule has 3 aliphatic heterocycles. The third-order valence-corrected chi connectivity index (χ3v) is 12.1. The number of allylic oxidation sites excluding steroid dienone is 2. The number of aldehydes is 1. The van der Waals surface area contributed by atoms with Crippen LogP contribution in [0.1, 0.15) is 85.6 Å². The summed E-state index contributed by atoms with van der Waals surface area (Å²) in [6.45, 7) is 11.3. The number of likely N-dealkylation sites (N-methyl/N-ethyl adjacent to an activating group) is 1. The van der Waals surface area contributed by atoms with E-state index in [4.69, 9.17) is 42.6 Å². The van der Waals surface area contributed by atoms with Crippen molar-refractivity contribution < 1.29 is 67.2 Å². The van der Waals surface area contributed by atoms with Gasteiger partial charge < -0.3 is 62.5 Å². The average Bonchev–Trinajstić information content (AvgIpc) is 3.21. The minimum atomic E-state index is -1.33. The molecule has 2 fully saturated rings. The highest BCUT2D eigenvalue weighted by atomic mass is 16.7. The molecule has 1 aromatic carbocycles. The van der Waals surface area contributed by atoms with Gasteiger partial charge in [0, 0.05) is 39.9 Å². The molecule has 2 N–H and O–H groups in total. The van der Waals surface area contributed by atoms with Crippen LogP contribution in [0.5, 0.6) is 0 Å². The van der Waals surface area contributed by atoms with Crippen molar-refractivity contribution in [2.24, 2.45) is 11.8 Å². The van der Waals surface area contributed by atoms with Gasteiger partial charge in [0.2, 0.25) is 0 Å². The van der Waals surface area contributed by atoms with Gasteiger partial charge >= 0.3 is 11.9 Å². The van der Waals surface area contributed by atoms with Crippen LogP contribution in [-0.4, -0.2) is 147 Å². The van der Waals surface area contributed by atoms with Crippen LogP contribution in [0.3, 0.4) is 0 Å². The SMILES string of the molecule is CCC(=O)O[C@@H]1CC(=O)O[C@H](C)C/C=C/C=C/[C@H](O)[C@H](C)C[C@H](CC=O)[C@H](O[C@H]2O[C@@H](C)[C@H](O[C@@H]3C[C@](C)(OC)[C@H](OCc4ccccc4)[C@@H](C)O3)[C@@H](N(C)C)[C@@H]2O)[C@H]1OC. The van der Waals surface area contributed by atoms with Crippen LogP contribution >= 0.6 is 0 Å². The maximum Gasteiger partial charge on any atom is 0.309 e. The lowest BCUT2D eigenvalue weighted by Crippen LogP contribution is -2.66. The van der Waals surface area contributed by atoms with Crippen molar-refractivity contribution in [3.8, 4) is 0 Å². The van der Waals surface area contributed by atoms with Crippen molar-refractivity contribution in [2.75, 3.05) is 28.3 Å². The number of esters is 2. The fraction of sp³-hybridized carbons (Fsp3) is 0.717. The van der Waals surface area contributed by atoms with Gasteiger partial charge in [-0.15, -0.1) is 0 Å².